The Hall–Kier alpha value is -2.44. The van der Waals surface area contributed by atoms with E-state index in [0.29, 0.717) is 5.65 Å². The van der Waals surface area contributed by atoms with Crippen LogP contribution in [-0.2, 0) is 6.42 Å². The maximum atomic E-state index is 5.31. The standard InChI is InChI=1S/C12H14N6O/c1-9(4-5-10-3-2-8-19-10)13-11-6-7-12-14-16-17-18(12)15-11/h2-3,6-9H,4-5H2,1H3,(H,13,15). The summed E-state index contributed by atoms with van der Waals surface area (Å²) in [7, 11) is 0. The van der Waals surface area contributed by atoms with Crippen molar-refractivity contribution in [1.82, 2.24) is 25.3 Å². The molecule has 3 aromatic heterocycles. The van der Waals surface area contributed by atoms with Gasteiger partial charge in [0.05, 0.1) is 6.26 Å². The second-order valence-electron chi connectivity index (χ2n) is 4.41. The van der Waals surface area contributed by atoms with Crippen LogP contribution < -0.4 is 5.32 Å². The number of aryl methyl sites for hydroxylation is 1. The van der Waals surface area contributed by atoms with Gasteiger partial charge >= 0.3 is 0 Å². The van der Waals surface area contributed by atoms with Crippen molar-refractivity contribution in [3.63, 3.8) is 0 Å². The van der Waals surface area contributed by atoms with E-state index in [0.717, 1.165) is 24.4 Å². The molecule has 1 unspecified atom stereocenters. The maximum absolute atomic E-state index is 5.31. The number of anilines is 1. The summed E-state index contributed by atoms with van der Waals surface area (Å²) >= 11 is 0. The third kappa shape index (κ3) is 2.70. The van der Waals surface area contributed by atoms with Gasteiger partial charge in [0.2, 0.25) is 0 Å². The molecule has 0 spiro atoms. The minimum Gasteiger partial charge on any atom is -0.469 e. The zero-order valence-electron chi connectivity index (χ0n) is 10.5. The highest BCUT2D eigenvalue weighted by molar-refractivity contribution is 5.42. The Bertz CT molecular complexity index is 647. The van der Waals surface area contributed by atoms with Crippen LogP contribution in [0.15, 0.2) is 34.9 Å². The number of aromatic nitrogens is 5. The van der Waals surface area contributed by atoms with Gasteiger partial charge in [-0.15, -0.1) is 14.8 Å². The van der Waals surface area contributed by atoms with Crippen LogP contribution in [0.4, 0.5) is 5.82 Å². The highest BCUT2D eigenvalue weighted by Crippen LogP contribution is 2.10. The molecule has 7 heteroatoms. The van der Waals surface area contributed by atoms with Gasteiger partial charge in [0.15, 0.2) is 5.65 Å². The van der Waals surface area contributed by atoms with Gasteiger partial charge in [0.25, 0.3) is 0 Å². The van der Waals surface area contributed by atoms with E-state index < -0.39 is 0 Å². The van der Waals surface area contributed by atoms with E-state index in [1.54, 1.807) is 6.26 Å². The molecule has 1 N–H and O–H groups in total. The number of tetrazole rings is 1. The van der Waals surface area contributed by atoms with Crippen molar-refractivity contribution in [2.45, 2.75) is 25.8 Å². The highest BCUT2D eigenvalue weighted by Gasteiger charge is 2.06. The average Bonchev–Trinajstić information content (AvgIpc) is 3.07. The summed E-state index contributed by atoms with van der Waals surface area (Å²) in [5.74, 6) is 1.75. The molecule has 3 aromatic rings. The smallest absolute Gasteiger partial charge is 0.200 e. The fourth-order valence-corrected chi connectivity index (χ4v) is 1.86. The largest absolute Gasteiger partial charge is 0.469 e. The topological polar surface area (TPSA) is 81.1 Å². The molecular weight excluding hydrogens is 244 g/mol. The van der Waals surface area contributed by atoms with E-state index >= 15 is 0 Å². The fraction of sp³-hybridized carbons (Fsp3) is 0.333. The van der Waals surface area contributed by atoms with Crippen LogP contribution in [-0.4, -0.2) is 31.3 Å². The molecule has 0 amide bonds. The second kappa shape index (κ2) is 5.05. The van der Waals surface area contributed by atoms with Crippen molar-refractivity contribution in [3.05, 3.63) is 36.3 Å². The molecule has 0 saturated carbocycles. The third-order valence-corrected chi connectivity index (χ3v) is 2.87. The third-order valence-electron chi connectivity index (χ3n) is 2.87. The minimum absolute atomic E-state index is 0.284. The Morgan fingerprint density at radius 3 is 3.16 bits per heavy atom. The molecule has 3 heterocycles. The SMILES string of the molecule is CC(CCc1ccco1)Nc1ccc2nnnn2n1. The number of rotatable bonds is 5. The van der Waals surface area contributed by atoms with Gasteiger partial charge in [-0.1, -0.05) is 0 Å². The summed E-state index contributed by atoms with van der Waals surface area (Å²) in [4.78, 5) is 0. The quantitative estimate of drug-likeness (QED) is 0.747. The van der Waals surface area contributed by atoms with Crippen molar-refractivity contribution in [1.29, 1.82) is 0 Å². The van der Waals surface area contributed by atoms with E-state index in [1.165, 1.54) is 4.63 Å². The lowest BCUT2D eigenvalue weighted by atomic mass is 10.1. The van der Waals surface area contributed by atoms with Crippen LogP contribution >= 0.6 is 0 Å². The molecule has 0 bridgehead atoms. The molecule has 1 atom stereocenters. The van der Waals surface area contributed by atoms with Crippen molar-refractivity contribution in [3.8, 4) is 0 Å². The Labute approximate surface area is 109 Å². The molecule has 0 saturated heterocycles. The molecule has 0 aliphatic carbocycles. The zero-order valence-corrected chi connectivity index (χ0v) is 10.5. The van der Waals surface area contributed by atoms with Crippen LogP contribution in [0.1, 0.15) is 19.1 Å². The van der Waals surface area contributed by atoms with Crippen LogP contribution in [0.3, 0.4) is 0 Å². The van der Waals surface area contributed by atoms with Gasteiger partial charge in [-0.2, -0.15) is 0 Å². The van der Waals surface area contributed by atoms with Crippen molar-refractivity contribution >= 4 is 11.5 Å². The lowest BCUT2D eigenvalue weighted by Gasteiger charge is -2.13. The summed E-state index contributed by atoms with van der Waals surface area (Å²) in [6, 6.07) is 7.87. The van der Waals surface area contributed by atoms with Gasteiger partial charge in [0, 0.05) is 12.5 Å². The molecule has 98 valence electrons. The normalized spacial score (nSPS) is 12.7. The Balaban J connectivity index is 1.60. The van der Waals surface area contributed by atoms with E-state index in [-0.39, 0.29) is 6.04 Å². The van der Waals surface area contributed by atoms with Gasteiger partial charge < -0.3 is 9.73 Å². The van der Waals surface area contributed by atoms with E-state index in [9.17, 15) is 0 Å². The Morgan fingerprint density at radius 1 is 1.37 bits per heavy atom. The molecule has 3 rings (SSSR count). The van der Waals surface area contributed by atoms with Crippen LogP contribution in [0.2, 0.25) is 0 Å². The van der Waals surface area contributed by atoms with Crippen molar-refractivity contribution in [2.24, 2.45) is 0 Å². The molecule has 0 aliphatic heterocycles. The number of hydrogen-bond acceptors (Lipinski definition) is 6. The Morgan fingerprint density at radius 2 is 2.32 bits per heavy atom. The lowest BCUT2D eigenvalue weighted by Crippen LogP contribution is -2.17. The van der Waals surface area contributed by atoms with Crippen LogP contribution in [0.5, 0.6) is 0 Å². The average molecular weight is 258 g/mol. The number of nitrogens with one attached hydrogen (secondary N) is 1. The van der Waals surface area contributed by atoms with Gasteiger partial charge in [0.1, 0.15) is 11.6 Å². The molecular formula is C12H14N6O. The maximum Gasteiger partial charge on any atom is 0.200 e. The zero-order chi connectivity index (χ0) is 13.1. The monoisotopic (exact) mass is 258 g/mol. The minimum atomic E-state index is 0.284. The number of furan rings is 1. The fourth-order valence-electron chi connectivity index (χ4n) is 1.86. The van der Waals surface area contributed by atoms with E-state index in [1.807, 2.05) is 24.3 Å². The number of fused-ring (bicyclic) bond motifs is 1. The van der Waals surface area contributed by atoms with Crippen molar-refractivity contribution in [2.75, 3.05) is 5.32 Å². The van der Waals surface area contributed by atoms with Gasteiger partial charge in [-0.3, -0.25) is 0 Å². The Kier molecular flexibility index (Phi) is 3.09. The molecule has 0 aliphatic rings. The van der Waals surface area contributed by atoms with E-state index in [4.69, 9.17) is 4.42 Å². The molecule has 0 aromatic carbocycles. The van der Waals surface area contributed by atoms with Crippen molar-refractivity contribution < 1.29 is 4.42 Å². The molecule has 0 fully saturated rings. The molecule has 7 nitrogen and oxygen atoms in total. The summed E-state index contributed by atoms with van der Waals surface area (Å²) in [5.41, 5.74) is 0.633. The predicted octanol–water partition coefficient (Wildman–Crippen LogP) is 1.55. The second-order valence-corrected chi connectivity index (χ2v) is 4.41. The molecule has 19 heavy (non-hydrogen) atoms. The van der Waals surface area contributed by atoms with Crippen LogP contribution in [0, 0.1) is 0 Å². The summed E-state index contributed by atoms with van der Waals surface area (Å²) in [6.07, 6.45) is 3.55. The number of hydrogen-bond donors (Lipinski definition) is 1. The first-order chi connectivity index (χ1) is 9.31. The van der Waals surface area contributed by atoms with Gasteiger partial charge in [-0.25, -0.2) is 0 Å². The number of nitrogens with zero attached hydrogens (tertiary/aromatic N) is 5. The highest BCUT2D eigenvalue weighted by atomic mass is 16.3. The molecule has 0 radical (unpaired) electrons. The first kappa shape index (κ1) is 11.6. The van der Waals surface area contributed by atoms with Gasteiger partial charge in [-0.05, 0) is 48.0 Å². The first-order valence-electron chi connectivity index (χ1n) is 6.15. The van der Waals surface area contributed by atoms with E-state index in [2.05, 4.69) is 32.9 Å². The summed E-state index contributed by atoms with van der Waals surface area (Å²) in [6.45, 7) is 2.11. The lowest BCUT2D eigenvalue weighted by molar-refractivity contribution is 0.494. The predicted molar refractivity (Wildman–Crippen MR) is 68.7 cm³/mol. The summed E-state index contributed by atoms with van der Waals surface area (Å²) < 4.78 is 6.71. The van der Waals surface area contributed by atoms with Crippen LogP contribution in [0.25, 0.3) is 5.65 Å². The summed E-state index contributed by atoms with van der Waals surface area (Å²) in [5, 5.41) is 18.7. The first-order valence-corrected chi connectivity index (χ1v) is 6.15.